The quantitative estimate of drug-likeness (QED) is 0.759. The Morgan fingerprint density at radius 2 is 1.87 bits per heavy atom. The molecule has 0 amide bonds. The van der Waals surface area contributed by atoms with E-state index in [-0.39, 0.29) is 0 Å². The van der Waals surface area contributed by atoms with Crippen LogP contribution >= 0.6 is 12.2 Å². The van der Waals surface area contributed by atoms with Gasteiger partial charge in [0.2, 0.25) is 4.77 Å². The minimum Gasteiger partial charge on any atom is -0.279 e. The molecule has 0 aliphatic rings. The van der Waals surface area contributed by atoms with Crippen molar-refractivity contribution >= 4 is 12.2 Å². The van der Waals surface area contributed by atoms with E-state index in [9.17, 15) is 8.78 Å². The second-order valence-electron chi connectivity index (χ2n) is 3.07. The highest BCUT2D eigenvalue weighted by atomic mass is 32.1. The van der Waals surface area contributed by atoms with E-state index in [0.717, 1.165) is 6.07 Å². The zero-order valence-corrected chi connectivity index (χ0v) is 8.61. The van der Waals surface area contributed by atoms with E-state index >= 15 is 0 Å². The van der Waals surface area contributed by atoms with E-state index in [0.29, 0.717) is 16.2 Å². The minimum absolute atomic E-state index is 0.328. The summed E-state index contributed by atoms with van der Waals surface area (Å²) in [5.74, 6) is -0.939. The molecule has 3 nitrogen and oxygen atoms in total. The van der Waals surface area contributed by atoms with E-state index in [1.807, 2.05) is 0 Å². The highest BCUT2D eigenvalue weighted by molar-refractivity contribution is 7.71. The fourth-order valence-electron chi connectivity index (χ4n) is 1.22. The Morgan fingerprint density at radius 1 is 1.27 bits per heavy atom. The van der Waals surface area contributed by atoms with E-state index in [2.05, 4.69) is 10.1 Å². The maximum atomic E-state index is 12.9. The maximum Gasteiger partial charge on any atom is 0.216 e. The predicted molar refractivity (Wildman–Crippen MR) is 53.7 cm³/mol. The van der Waals surface area contributed by atoms with E-state index < -0.39 is 11.6 Å². The van der Waals surface area contributed by atoms with Crippen LogP contribution in [0.15, 0.2) is 18.2 Å². The predicted octanol–water partition coefficient (Wildman–Crippen LogP) is 2.42. The van der Waals surface area contributed by atoms with Gasteiger partial charge >= 0.3 is 0 Å². The van der Waals surface area contributed by atoms with Crippen molar-refractivity contribution in [2.45, 2.75) is 0 Å². The number of rotatable bonds is 1. The average molecular weight is 227 g/mol. The average Bonchev–Trinajstić information content (AvgIpc) is 2.45. The topological polar surface area (TPSA) is 33.6 Å². The van der Waals surface area contributed by atoms with Crippen LogP contribution in [-0.2, 0) is 7.05 Å². The van der Waals surface area contributed by atoms with Crippen LogP contribution in [0.3, 0.4) is 0 Å². The first-order valence-electron chi connectivity index (χ1n) is 4.16. The first-order chi connectivity index (χ1) is 7.06. The van der Waals surface area contributed by atoms with Crippen LogP contribution in [0.4, 0.5) is 8.78 Å². The van der Waals surface area contributed by atoms with E-state index in [1.165, 1.54) is 16.8 Å². The van der Waals surface area contributed by atoms with Crippen molar-refractivity contribution < 1.29 is 8.78 Å². The maximum absolute atomic E-state index is 12.9. The zero-order valence-electron chi connectivity index (χ0n) is 7.79. The van der Waals surface area contributed by atoms with Gasteiger partial charge in [-0.25, -0.2) is 8.78 Å². The van der Waals surface area contributed by atoms with Crippen molar-refractivity contribution in [3.63, 3.8) is 0 Å². The summed E-state index contributed by atoms with van der Waals surface area (Å²) >= 11 is 4.87. The summed E-state index contributed by atoms with van der Waals surface area (Å²) in [7, 11) is 1.68. The molecule has 6 heteroatoms. The first-order valence-corrected chi connectivity index (χ1v) is 4.56. The number of nitrogens with one attached hydrogen (secondary N) is 1. The van der Waals surface area contributed by atoms with Gasteiger partial charge in [-0.1, -0.05) is 0 Å². The summed E-state index contributed by atoms with van der Waals surface area (Å²) in [5.41, 5.74) is 0.333. The molecule has 0 bridgehead atoms. The number of H-pyrrole nitrogens is 1. The van der Waals surface area contributed by atoms with Gasteiger partial charge in [0.15, 0.2) is 5.82 Å². The monoisotopic (exact) mass is 227 g/mol. The van der Waals surface area contributed by atoms with Crippen LogP contribution in [0.1, 0.15) is 0 Å². The van der Waals surface area contributed by atoms with Gasteiger partial charge in [0.1, 0.15) is 11.6 Å². The van der Waals surface area contributed by atoms with Crippen molar-refractivity contribution in [3.8, 4) is 11.4 Å². The standard InChI is InChI=1S/C9H7F2N3S/c1-14-9(15)12-8(13-14)5-2-6(10)4-7(11)3-5/h2-4H,1H3,(H,12,13,15). The molecule has 1 heterocycles. The second-order valence-corrected chi connectivity index (χ2v) is 3.44. The van der Waals surface area contributed by atoms with Crippen molar-refractivity contribution in [2.24, 2.45) is 7.05 Å². The highest BCUT2D eigenvalue weighted by Gasteiger charge is 2.06. The molecule has 0 atom stereocenters. The lowest BCUT2D eigenvalue weighted by molar-refractivity contribution is 0.584. The lowest BCUT2D eigenvalue weighted by Crippen LogP contribution is -1.90. The van der Waals surface area contributed by atoms with Gasteiger partial charge in [-0.15, -0.1) is 0 Å². The molecule has 1 N–H and O–H groups in total. The molecule has 0 aliphatic carbocycles. The Balaban J connectivity index is 2.58. The largest absolute Gasteiger partial charge is 0.279 e. The van der Waals surface area contributed by atoms with Crippen LogP contribution in [0.5, 0.6) is 0 Å². The van der Waals surface area contributed by atoms with Crippen molar-refractivity contribution in [1.82, 2.24) is 14.8 Å². The summed E-state index contributed by atoms with van der Waals surface area (Å²) in [4.78, 5) is 3.95. The van der Waals surface area contributed by atoms with Gasteiger partial charge in [-0.2, -0.15) is 4.98 Å². The van der Waals surface area contributed by atoms with Gasteiger partial charge < -0.3 is 0 Å². The molecule has 1 aromatic heterocycles. The van der Waals surface area contributed by atoms with Gasteiger partial charge in [0, 0.05) is 18.7 Å². The summed E-state index contributed by atoms with van der Waals surface area (Å²) in [6, 6.07) is 3.19. The van der Waals surface area contributed by atoms with Crippen molar-refractivity contribution in [2.75, 3.05) is 0 Å². The van der Waals surface area contributed by atoms with Gasteiger partial charge in [-0.3, -0.25) is 9.78 Å². The number of halogens is 2. The molecular weight excluding hydrogens is 220 g/mol. The molecular formula is C9H7F2N3S. The Labute approximate surface area is 89.4 Å². The third-order valence-corrected chi connectivity index (χ3v) is 2.27. The van der Waals surface area contributed by atoms with Crippen molar-refractivity contribution in [3.05, 3.63) is 34.6 Å². The number of aromatic amines is 1. The lowest BCUT2D eigenvalue weighted by Gasteiger charge is -1.97. The summed E-state index contributed by atoms with van der Waals surface area (Å²) in [6.45, 7) is 0. The van der Waals surface area contributed by atoms with Gasteiger partial charge in [-0.05, 0) is 24.4 Å². The fraction of sp³-hybridized carbons (Fsp3) is 0.111. The summed E-state index contributed by atoms with van der Waals surface area (Å²) < 4.78 is 27.6. The lowest BCUT2D eigenvalue weighted by atomic mass is 10.2. The molecule has 2 rings (SSSR count). The molecule has 2 aromatic rings. The fourth-order valence-corrected chi connectivity index (χ4v) is 1.36. The number of benzene rings is 1. The number of hydrogen-bond donors (Lipinski definition) is 1. The third kappa shape index (κ3) is 1.94. The molecule has 0 saturated carbocycles. The summed E-state index contributed by atoms with van der Waals surface area (Å²) in [5, 5.41) is 2.78. The Bertz CT molecular complexity index is 538. The van der Waals surface area contributed by atoms with Crippen LogP contribution < -0.4 is 0 Å². The number of aryl methyl sites for hydroxylation is 1. The van der Waals surface area contributed by atoms with Crippen LogP contribution in [-0.4, -0.2) is 14.8 Å². The molecule has 78 valence electrons. The first kappa shape index (κ1) is 9.97. The molecule has 1 aromatic carbocycles. The number of aromatic nitrogens is 3. The van der Waals surface area contributed by atoms with Crippen LogP contribution in [0.25, 0.3) is 11.4 Å². The van der Waals surface area contributed by atoms with E-state index in [4.69, 9.17) is 12.2 Å². The van der Waals surface area contributed by atoms with Gasteiger partial charge in [0.25, 0.3) is 0 Å². The van der Waals surface area contributed by atoms with Crippen molar-refractivity contribution in [1.29, 1.82) is 0 Å². The third-order valence-electron chi connectivity index (χ3n) is 1.90. The second kappa shape index (κ2) is 3.54. The Hall–Kier alpha value is -1.56. The highest BCUT2D eigenvalue weighted by Crippen LogP contribution is 2.17. The zero-order chi connectivity index (χ0) is 11.0. The molecule has 0 fully saturated rings. The molecule has 0 aliphatic heterocycles. The summed E-state index contributed by atoms with van der Waals surface area (Å²) in [6.07, 6.45) is 0. The molecule has 0 radical (unpaired) electrons. The normalized spacial score (nSPS) is 10.6. The molecule has 0 unspecified atom stereocenters. The van der Waals surface area contributed by atoms with E-state index in [1.54, 1.807) is 7.05 Å². The Kier molecular flexibility index (Phi) is 2.36. The molecule has 0 spiro atoms. The minimum atomic E-state index is -0.644. The van der Waals surface area contributed by atoms with Crippen LogP contribution in [0.2, 0.25) is 0 Å². The molecule has 0 saturated heterocycles. The molecule has 15 heavy (non-hydrogen) atoms. The van der Waals surface area contributed by atoms with Gasteiger partial charge in [0.05, 0.1) is 0 Å². The smallest absolute Gasteiger partial charge is 0.216 e. The van der Waals surface area contributed by atoms with Crippen LogP contribution in [0, 0.1) is 16.4 Å². The SMILES string of the molecule is Cn1[nH]c(-c2cc(F)cc(F)c2)nc1=S. The number of nitrogens with zero attached hydrogens (tertiary/aromatic N) is 2. The number of hydrogen-bond acceptors (Lipinski definition) is 2. The Morgan fingerprint density at radius 3 is 2.33 bits per heavy atom.